The lowest BCUT2D eigenvalue weighted by molar-refractivity contribution is -0.112. The molecular weight excluding hydrogens is 263 g/mol. The Balaban J connectivity index is 2.64. The molecule has 1 aromatic rings. The molecule has 0 aliphatic heterocycles. The first kappa shape index (κ1) is 9.45. The van der Waals surface area contributed by atoms with Crippen molar-refractivity contribution in [2.75, 3.05) is 4.43 Å². The van der Waals surface area contributed by atoms with Gasteiger partial charge in [0.25, 0.3) is 0 Å². The molecule has 62 valence electrons. The number of benzene rings is 1. The largest absolute Gasteiger partial charge is 0.294 e. The first-order chi connectivity index (χ1) is 5.83. The van der Waals surface area contributed by atoms with Crippen molar-refractivity contribution in [1.29, 1.82) is 0 Å². The van der Waals surface area contributed by atoms with Crippen LogP contribution in [0, 0.1) is 0 Å². The number of hydrogen-bond acceptors (Lipinski definition) is 1. The maximum atomic E-state index is 10.9. The van der Waals surface area contributed by atoms with Crippen LogP contribution in [-0.4, -0.2) is 10.2 Å². The minimum absolute atomic E-state index is 0.152. The summed E-state index contributed by atoms with van der Waals surface area (Å²) >= 11 is 2.06. The van der Waals surface area contributed by atoms with E-state index in [1.807, 2.05) is 36.4 Å². The summed E-state index contributed by atoms with van der Waals surface area (Å²) in [6, 6.07) is 9.80. The predicted molar refractivity (Wildman–Crippen MR) is 59.4 cm³/mol. The van der Waals surface area contributed by atoms with Gasteiger partial charge in [-0.2, -0.15) is 0 Å². The molecule has 0 aliphatic rings. The Morgan fingerprint density at radius 2 is 2.00 bits per heavy atom. The summed E-state index contributed by atoms with van der Waals surface area (Å²) in [6.07, 6.45) is 3.45. The SMILES string of the molecule is O=C(C=Cc1ccccc1)CI. The van der Waals surface area contributed by atoms with E-state index in [-0.39, 0.29) is 5.78 Å². The number of ketones is 1. The first-order valence-electron chi connectivity index (χ1n) is 3.65. The maximum Gasteiger partial charge on any atom is 0.165 e. The van der Waals surface area contributed by atoms with Crippen LogP contribution in [0.15, 0.2) is 36.4 Å². The molecule has 0 heterocycles. The van der Waals surface area contributed by atoms with Gasteiger partial charge in [-0.25, -0.2) is 0 Å². The van der Waals surface area contributed by atoms with Crippen LogP contribution in [0.5, 0.6) is 0 Å². The van der Waals surface area contributed by atoms with Gasteiger partial charge in [-0.15, -0.1) is 0 Å². The Morgan fingerprint density at radius 3 is 2.58 bits per heavy atom. The highest BCUT2D eigenvalue weighted by Gasteiger charge is 1.90. The van der Waals surface area contributed by atoms with Gasteiger partial charge >= 0.3 is 0 Å². The summed E-state index contributed by atoms with van der Waals surface area (Å²) < 4.78 is 0.543. The van der Waals surface area contributed by atoms with Gasteiger partial charge in [0.1, 0.15) is 0 Å². The molecule has 0 amide bonds. The summed E-state index contributed by atoms with van der Waals surface area (Å²) in [4.78, 5) is 10.9. The highest BCUT2D eigenvalue weighted by atomic mass is 127. The van der Waals surface area contributed by atoms with E-state index in [2.05, 4.69) is 22.6 Å². The van der Waals surface area contributed by atoms with Crippen molar-refractivity contribution in [2.24, 2.45) is 0 Å². The van der Waals surface area contributed by atoms with Gasteiger partial charge in [0.15, 0.2) is 5.78 Å². The number of hydrogen-bond donors (Lipinski definition) is 0. The molecule has 0 saturated heterocycles. The Kier molecular flexibility index (Phi) is 4.00. The monoisotopic (exact) mass is 272 g/mol. The van der Waals surface area contributed by atoms with Gasteiger partial charge in [-0.3, -0.25) is 4.79 Å². The zero-order valence-electron chi connectivity index (χ0n) is 6.53. The third kappa shape index (κ3) is 3.17. The molecule has 0 atom stereocenters. The second-order valence-corrected chi connectivity index (χ2v) is 3.11. The molecule has 0 bridgehead atoms. The smallest absolute Gasteiger partial charge is 0.165 e. The van der Waals surface area contributed by atoms with Crippen LogP contribution in [0.4, 0.5) is 0 Å². The van der Waals surface area contributed by atoms with E-state index < -0.39 is 0 Å². The predicted octanol–water partition coefficient (Wildman–Crippen LogP) is 2.70. The fraction of sp³-hybridized carbons (Fsp3) is 0.100. The van der Waals surface area contributed by atoms with Crippen molar-refractivity contribution in [1.82, 2.24) is 0 Å². The molecule has 1 aromatic carbocycles. The van der Waals surface area contributed by atoms with Crippen LogP contribution in [0.2, 0.25) is 0 Å². The van der Waals surface area contributed by atoms with E-state index in [1.165, 1.54) is 0 Å². The average molecular weight is 272 g/mol. The van der Waals surface area contributed by atoms with Gasteiger partial charge in [-0.1, -0.05) is 59.0 Å². The van der Waals surface area contributed by atoms with E-state index >= 15 is 0 Å². The first-order valence-corrected chi connectivity index (χ1v) is 5.17. The van der Waals surface area contributed by atoms with Crippen LogP contribution in [0.25, 0.3) is 6.08 Å². The molecule has 0 saturated carbocycles. The van der Waals surface area contributed by atoms with Gasteiger partial charge in [0, 0.05) is 0 Å². The van der Waals surface area contributed by atoms with Crippen LogP contribution in [0.3, 0.4) is 0 Å². The number of halogens is 1. The molecule has 0 fully saturated rings. The highest BCUT2D eigenvalue weighted by Crippen LogP contribution is 2.01. The van der Waals surface area contributed by atoms with Crippen LogP contribution < -0.4 is 0 Å². The number of carbonyl (C=O) groups is 1. The lowest BCUT2D eigenvalue weighted by Gasteiger charge is -1.89. The molecule has 0 spiro atoms. The zero-order valence-corrected chi connectivity index (χ0v) is 8.69. The van der Waals surface area contributed by atoms with E-state index in [0.29, 0.717) is 4.43 Å². The second-order valence-electron chi connectivity index (χ2n) is 2.34. The van der Waals surface area contributed by atoms with Crippen LogP contribution >= 0.6 is 22.6 Å². The summed E-state index contributed by atoms with van der Waals surface area (Å²) in [5.41, 5.74) is 1.07. The van der Waals surface area contributed by atoms with E-state index in [1.54, 1.807) is 6.08 Å². The van der Waals surface area contributed by atoms with Crippen molar-refractivity contribution >= 4 is 34.5 Å². The molecular formula is C10H9IO. The quantitative estimate of drug-likeness (QED) is 0.469. The van der Waals surface area contributed by atoms with E-state index in [9.17, 15) is 4.79 Å². The van der Waals surface area contributed by atoms with Gasteiger partial charge in [0.2, 0.25) is 0 Å². The molecule has 1 rings (SSSR count). The lowest BCUT2D eigenvalue weighted by atomic mass is 10.2. The Labute approximate surface area is 85.6 Å². The minimum atomic E-state index is 0.152. The second kappa shape index (κ2) is 5.09. The third-order valence-electron chi connectivity index (χ3n) is 1.39. The van der Waals surface area contributed by atoms with Crippen LogP contribution in [-0.2, 0) is 4.79 Å². The van der Waals surface area contributed by atoms with Gasteiger partial charge in [-0.05, 0) is 11.6 Å². The summed E-state index contributed by atoms with van der Waals surface area (Å²) in [5, 5.41) is 0. The summed E-state index contributed by atoms with van der Waals surface area (Å²) in [7, 11) is 0. The molecule has 0 unspecified atom stereocenters. The minimum Gasteiger partial charge on any atom is -0.294 e. The molecule has 0 aromatic heterocycles. The normalized spacial score (nSPS) is 10.4. The van der Waals surface area contributed by atoms with Crippen molar-refractivity contribution in [3.05, 3.63) is 42.0 Å². The lowest BCUT2D eigenvalue weighted by Crippen LogP contribution is -1.90. The van der Waals surface area contributed by atoms with Crippen molar-refractivity contribution in [3.8, 4) is 0 Å². The average Bonchev–Trinajstić information content (AvgIpc) is 2.16. The standard InChI is InChI=1S/C10H9IO/c11-8-10(12)7-6-9-4-2-1-3-5-9/h1-7H,8H2. The number of allylic oxidation sites excluding steroid dienone is 1. The Hall–Kier alpha value is -0.640. The Morgan fingerprint density at radius 1 is 1.33 bits per heavy atom. The molecule has 2 heteroatoms. The molecule has 0 N–H and O–H groups in total. The molecule has 12 heavy (non-hydrogen) atoms. The highest BCUT2D eigenvalue weighted by molar-refractivity contribution is 14.1. The fourth-order valence-corrected chi connectivity index (χ4v) is 1.05. The number of alkyl halides is 1. The molecule has 0 aliphatic carbocycles. The molecule has 1 nitrogen and oxygen atoms in total. The number of rotatable bonds is 3. The zero-order chi connectivity index (χ0) is 8.81. The third-order valence-corrected chi connectivity index (χ3v) is 2.14. The van der Waals surface area contributed by atoms with Crippen molar-refractivity contribution in [3.63, 3.8) is 0 Å². The maximum absolute atomic E-state index is 10.9. The summed E-state index contributed by atoms with van der Waals surface area (Å²) in [5.74, 6) is 0.152. The van der Waals surface area contributed by atoms with Crippen molar-refractivity contribution < 1.29 is 4.79 Å². The Bertz CT molecular complexity index is 277. The molecule has 0 radical (unpaired) electrons. The van der Waals surface area contributed by atoms with Gasteiger partial charge in [0.05, 0.1) is 4.43 Å². The van der Waals surface area contributed by atoms with Crippen molar-refractivity contribution in [2.45, 2.75) is 0 Å². The van der Waals surface area contributed by atoms with Crippen LogP contribution in [0.1, 0.15) is 5.56 Å². The topological polar surface area (TPSA) is 17.1 Å². The summed E-state index contributed by atoms with van der Waals surface area (Å²) in [6.45, 7) is 0. The number of carbonyl (C=O) groups excluding carboxylic acids is 1. The van der Waals surface area contributed by atoms with E-state index in [0.717, 1.165) is 5.56 Å². The fourth-order valence-electron chi connectivity index (χ4n) is 0.798. The van der Waals surface area contributed by atoms with Gasteiger partial charge < -0.3 is 0 Å². The van der Waals surface area contributed by atoms with E-state index in [4.69, 9.17) is 0 Å².